The molecule has 1 aliphatic carbocycles. The van der Waals surface area contributed by atoms with Gasteiger partial charge in [0, 0.05) is 37.8 Å². The smallest absolute Gasteiger partial charge is 0.368 e. The molecule has 1 saturated heterocycles. The highest BCUT2D eigenvalue weighted by Gasteiger charge is 2.37. The van der Waals surface area contributed by atoms with Crippen molar-refractivity contribution in [1.82, 2.24) is 4.90 Å². The lowest BCUT2D eigenvalue weighted by Gasteiger charge is -2.38. The van der Waals surface area contributed by atoms with Crippen molar-refractivity contribution in [1.29, 1.82) is 0 Å². The molecule has 2 aliphatic rings. The number of hydrogen-bond donors (Lipinski definition) is 1. The van der Waals surface area contributed by atoms with Crippen LogP contribution in [0.1, 0.15) is 37.7 Å². The lowest BCUT2D eigenvalue weighted by molar-refractivity contribution is -0.139. The fourth-order valence-corrected chi connectivity index (χ4v) is 4.72. The summed E-state index contributed by atoms with van der Waals surface area (Å²) in [6.07, 6.45) is 0.260. The largest absolute Gasteiger partial charge is 0.417 e. The second-order valence-corrected chi connectivity index (χ2v) is 8.90. The number of alkyl halides is 3. The molecule has 0 unspecified atom stereocenters. The van der Waals surface area contributed by atoms with Gasteiger partial charge in [-0.25, -0.2) is 13.6 Å². The summed E-state index contributed by atoms with van der Waals surface area (Å²) in [4.78, 5) is 15.2. The van der Waals surface area contributed by atoms with Crippen molar-refractivity contribution >= 4 is 21.6 Å². The molecule has 1 saturated carbocycles. The van der Waals surface area contributed by atoms with Crippen LogP contribution in [0.2, 0.25) is 0 Å². The third-order valence-corrected chi connectivity index (χ3v) is 6.46. The Labute approximate surface area is 162 Å². The van der Waals surface area contributed by atoms with Crippen LogP contribution < -0.4 is 10.0 Å². The number of benzene rings is 1. The highest BCUT2D eigenvalue weighted by molar-refractivity contribution is 7.89. The Morgan fingerprint density at radius 3 is 2.18 bits per heavy atom. The number of amides is 1. The number of nitrogens with zero attached hydrogens (tertiary/aromatic N) is 2. The van der Waals surface area contributed by atoms with Gasteiger partial charge in [0.2, 0.25) is 15.9 Å². The first-order valence-corrected chi connectivity index (χ1v) is 10.9. The maximum absolute atomic E-state index is 13.3. The number of hydrogen-bond acceptors (Lipinski definition) is 4. The maximum atomic E-state index is 13.3. The van der Waals surface area contributed by atoms with Crippen molar-refractivity contribution in [2.24, 2.45) is 11.1 Å². The summed E-state index contributed by atoms with van der Waals surface area (Å²) in [6, 6.07) is 3.04. The molecule has 3 rings (SSSR count). The number of primary sulfonamides is 1. The van der Waals surface area contributed by atoms with Gasteiger partial charge < -0.3 is 9.80 Å². The minimum absolute atomic E-state index is 0.0613. The van der Waals surface area contributed by atoms with Crippen molar-refractivity contribution in [2.45, 2.75) is 43.2 Å². The van der Waals surface area contributed by atoms with Gasteiger partial charge in [-0.1, -0.05) is 19.3 Å². The molecule has 1 heterocycles. The topological polar surface area (TPSA) is 83.7 Å². The summed E-state index contributed by atoms with van der Waals surface area (Å²) in [5.74, 6) is 0.200. The molecule has 0 aromatic heterocycles. The highest BCUT2D eigenvalue weighted by Crippen LogP contribution is 2.36. The molecule has 1 aromatic carbocycles. The molecule has 2 N–H and O–H groups in total. The third-order valence-electron chi connectivity index (χ3n) is 5.49. The first-order chi connectivity index (χ1) is 13.1. The van der Waals surface area contributed by atoms with Crippen LogP contribution in [-0.4, -0.2) is 45.4 Å². The number of rotatable bonds is 3. The lowest BCUT2D eigenvalue weighted by Crippen LogP contribution is -2.50. The van der Waals surface area contributed by atoms with Gasteiger partial charge in [-0.15, -0.1) is 0 Å². The van der Waals surface area contributed by atoms with Crippen LogP contribution in [0.15, 0.2) is 23.1 Å². The van der Waals surface area contributed by atoms with Crippen LogP contribution in [-0.2, 0) is 21.0 Å². The third kappa shape index (κ3) is 4.60. The predicted molar refractivity (Wildman–Crippen MR) is 98.2 cm³/mol. The Hall–Kier alpha value is -1.81. The summed E-state index contributed by atoms with van der Waals surface area (Å²) in [5.41, 5.74) is -1.00. The van der Waals surface area contributed by atoms with Gasteiger partial charge in [-0.3, -0.25) is 4.79 Å². The molecular formula is C18H24F3N3O3S. The van der Waals surface area contributed by atoms with Gasteiger partial charge in [0.1, 0.15) is 0 Å². The van der Waals surface area contributed by atoms with Crippen molar-refractivity contribution < 1.29 is 26.4 Å². The lowest BCUT2D eigenvalue weighted by atomic mass is 9.88. The van der Waals surface area contributed by atoms with E-state index in [1.165, 1.54) is 6.07 Å². The van der Waals surface area contributed by atoms with Gasteiger partial charge in [0.05, 0.1) is 10.5 Å². The average Bonchev–Trinajstić information content (AvgIpc) is 2.66. The number of carbonyl (C=O) groups excluding carboxylic acids is 1. The summed E-state index contributed by atoms with van der Waals surface area (Å²) in [5, 5.41) is 4.92. The molecule has 0 bridgehead atoms. The molecular weight excluding hydrogens is 395 g/mol. The SMILES string of the molecule is NS(=O)(=O)c1ccc(N2CCN(C(=O)C3CCCCC3)CC2)cc1C(F)(F)F. The summed E-state index contributed by atoms with van der Waals surface area (Å²) in [7, 11) is -4.49. The van der Waals surface area contributed by atoms with Crippen molar-refractivity contribution in [3.63, 3.8) is 0 Å². The molecule has 0 spiro atoms. The van der Waals surface area contributed by atoms with E-state index in [1.807, 2.05) is 0 Å². The fourth-order valence-electron chi connectivity index (χ4n) is 3.98. The summed E-state index contributed by atoms with van der Waals surface area (Å²) >= 11 is 0. The molecule has 6 nitrogen and oxygen atoms in total. The Kier molecular flexibility index (Phi) is 5.90. The van der Waals surface area contributed by atoms with Crippen LogP contribution in [0.4, 0.5) is 18.9 Å². The number of anilines is 1. The minimum atomic E-state index is -4.84. The normalized spacial score (nSPS) is 19.7. The average molecular weight is 419 g/mol. The van der Waals surface area contributed by atoms with E-state index in [0.29, 0.717) is 26.2 Å². The van der Waals surface area contributed by atoms with E-state index in [4.69, 9.17) is 5.14 Å². The monoisotopic (exact) mass is 419 g/mol. The maximum Gasteiger partial charge on any atom is 0.417 e. The quantitative estimate of drug-likeness (QED) is 0.816. The summed E-state index contributed by atoms with van der Waals surface area (Å²) in [6.45, 7) is 1.66. The molecule has 10 heteroatoms. The zero-order valence-electron chi connectivity index (χ0n) is 15.4. The molecule has 2 fully saturated rings. The van der Waals surface area contributed by atoms with Crippen LogP contribution >= 0.6 is 0 Å². The molecule has 156 valence electrons. The van der Waals surface area contributed by atoms with Crippen LogP contribution in [0, 0.1) is 5.92 Å². The van der Waals surface area contributed by atoms with Crippen molar-refractivity contribution in [2.75, 3.05) is 31.1 Å². The molecule has 1 aliphatic heterocycles. The van der Waals surface area contributed by atoms with E-state index >= 15 is 0 Å². The van der Waals surface area contributed by atoms with Gasteiger partial charge >= 0.3 is 6.18 Å². The van der Waals surface area contributed by atoms with Crippen molar-refractivity contribution in [3.05, 3.63) is 23.8 Å². The van der Waals surface area contributed by atoms with E-state index in [2.05, 4.69) is 0 Å². The predicted octanol–water partition coefficient (Wildman–Crippen LogP) is 2.58. The highest BCUT2D eigenvalue weighted by atomic mass is 32.2. The van der Waals surface area contributed by atoms with Crippen LogP contribution in [0.3, 0.4) is 0 Å². The van der Waals surface area contributed by atoms with Gasteiger partial charge in [-0.05, 0) is 31.0 Å². The first-order valence-electron chi connectivity index (χ1n) is 9.35. The second-order valence-electron chi connectivity index (χ2n) is 7.37. The minimum Gasteiger partial charge on any atom is -0.368 e. The zero-order valence-corrected chi connectivity index (χ0v) is 16.2. The van der Waals surface area contributed by atoms with E-state index in [9.17, 15) is 26.4 Å². The molecule has 0 radical (unpaired) electrons. The number of piperazine rings is 1. The van der Waals surface area contributed by atoms with Crippen LogP contribution in [0.5, 0.6) is 0 Å². The number of nitrogens with two attached hydrogens (primary N) is 1. The number of halogens is 3. The Morgan fingerprint density at radius 1 is 1.04 bits per heavy atom. The van der Waals surface area contributed by atoms with Crippen molar-refractivity contribution in [3.8, 4) is 0 Å². The first kappa shape index (κ1) is 20.9. The van der Waals surface area contributed by atoms with E-state index in [1.54, 1.807) is 9.80 Å². The number of sulfonamides is 1. The Balaban J connectivity index is 1.73. The molecule has 28 heavy (non-hydrogen) atoms. The standard InChI is InChI=1S/C18H24F3N3O3S/c19-18(20,21)15-12-14(6-7-16(15)28(22,26)27)23-8-10-24(11-9-23)17(25)13-4-2-1-3-5-13/h6-7,12-13H,1-5,8-11H2,(H2,22,26,27). The van der Waals surface area contributed by atoms with Gasteiger partial charge in [0.25, 0.3) is 0 Å². The Morgan fingerprint density at radius 2 is 1.64 bits per heavy atom. The van der Waals surface area contributed by atoms with Gasteiger partial charge in [-0.2, -0.15) is 13.2 Å². The summed E-state index contributed by atoms with van der Waals surface area (Å²) < 4.78 is 62.9. The fraction of sp³-hybridized carbons (Fsp3) is 0.611. The second kappa shape index (κ2) is 7.90. The van der Waals surface area contributed by atoms with Crippen LogP contribution in [0.25, 0.3) is 0 Å². The van der Waals surface area contributed by atoms with Gasteiger partial charge in [0.15, 0.2) is 0 Å². The zero-order chi connectivity index (χ0) is 20.5. The molecule has 1 aromatic rings. The van der Waals surface area contributed by atoms with E-state index < -0.39 is 26.7 Å². The van der Waals surface area contributed by atoms with E-state index in [0.717, 1.165) is 44.2 Å². The molecule has 1 amide bonds. The van der Waals surface area contributed by atoms with E-state index in [-0.39, 0.29) is 17.5 Å². The number of carbonyl (C=O) groups is 1. The molecule has 0 atom stereocenters. The Bertz CT molecular complexity index is 828.